The van der Waals surface area contributed by atoms with Crippen LogP contribution in [0, 0.1) is 0 Å². The predicted molar refractivity (Wildman–Crippen MR) is 85.7 cm³/mol. The van der Waals surface area contributed by atoms with Crippen LogP contribution in [0.4, 0.5) is 5.69 Å². The number of benzene rings is 2. The van der Waals surface area contributed by atoms with Gasteiger partial charge in [-0.2, -0.15) is 0 Å². The van der Waals surface area contributed by atoms with E-state index in [1.54, 1.807) is 30.3 Å². The van der Waals surface area contributed by atoms with Crippen LogP contribution in [0.5, 0.6) is 0 Å². The van der Waals surface area contributed by atoms with Gasteiger partial charge in [-0.15, -0.1) is 0 Å². The van der Waals surface area contributed by atoms with Crippen molar-refractivity contribution in [2.45, 2.75) is 6.42 Å². The summed E-state index contributed by atoms with van der Waals surface area (Å²) in [6.07, 6.45) is 0.152. The fourth-order valence-corrected chi connectivity index (χ4v) is 2.16. The number of carbonyl (C=O) groups is 1. The van der Waals surface area contributed by atoms with Gasteiger partial charge in [-0.05, 0) is 24.3 Å². The molecule has 0 aliphatic carbocycles. The number of amides is 1. The Balaban J connectivity index is 1.65. The van der Waals surface area contributed by atoms with Crippen molar-refractivity contribution in [2.24, 2.45) is 0 Å². The summed E-state index contributed by atoms with van der Waals surface area (Å²) >= 11 is 5.80. The van der Waals surface area contributed by atoms with E-state index in [-0.39, 0.29) is 12.3 Å². The third-order valence-corrected chi connectivity index (χ3v) is 3.34. The molecule has 0 aliphatic heterocycles. The molecule has 0 spiro atoms. The number of nitrogens with zero attached hydrogens (tertiary/aromatic N) is 1. The Kier molecular flexibility index (Phi) is 4.21. The van der Waals surface area contributed by atoms with Crippen LogP contribution in [-0.2, 0) is 11.2 Å². The lowest BCUT2D eigenvalue weighted by Gasteiger charge is -2.03. The van der Waals surface area contributed by atoms with Crippen molar-refractivity contribution in [1.29, 1.82) is 0 Å². The number of nitrogens with one attached hydrogen (secondary N) is 1. The molecular weight excluding hydrogens is 300 g/mol. The molecule has 4 nitrogen and oxygen atoms in total. The van der Waals surface area contributed by atoms with Gasteiger partial charge in [0.25, 0.3) is 0 Å². The molecule has 5 heteroatoms. The van der Waals surface area contributed by atoms with Crippen LogP contribution in [0.3, 0.4) is 0 Å². The summed E-state index contributed by atoms with van der Waals surface area (Å²) in [4.78, 5) is 12.0. The molecule has 22 heavy (non-hydrogen) atoms. The van der Waals surface area contributed by atoms with Gasteiger partial charge in [0.2, 0.25) is 5.91 Å². The first-order chi connectivity index (χ1) is 10.7. The van der Waals surface area contributed by atoms with Gasteiger partial charge in [0, 0.05) is 22.3 Å². The molecule has 0 saturated carbocycles. The number of aromatic nitrogens is 1. The van der Waals surface area contributed by atoms with E-state index in [0.29, 0.717) is 22.2 Å². The summed E-state index contributed by atoms with van der Waals surface area (Å²) in [7, 11) is 0. The van der Waals surface area contributed by atoms with Crippen molar-refractivity contribution in [3.8, 4) is 11.3 Å². The van der Waals surface area contributed by atoms with E-state index >= 15 is 0 Å². The van der Waals surface area contributed by atoms with Gasteiger partial charge in [-0.25, -0.2) is 0 Å². The zero-order chi connectivity index (χ0) is 15.4. The van der Waals surface area contributed by atoms with Crippen molar-refractivity contribution in [3.63, 3.8) is 0 Å². The molecule has 1 amide bonds. The minimum atomic E-state index is -0.157. The summed E-state index contributed by atoms with van der Waals surface area (Å²) in [5.41, 5.74) is 2.21. The van der Waals surface area contributed by atoms with Crippen LogP contribution >= 0.6 is 11.6 Å². The lowest BCUT2D eigenvalue weighted by Crippen LogP contribution is -2.14. The third kappa shape index (κ3) is 3.54. The van der Waals surface area contributed by atoms with Gasteiger partial charge in [0.05, 0.1) is 12.1 Å². The average molecular weight is 313 g/mol. The van der Waals surface area contributed by atoms with E-state index in [1.807, 2.05) is 30.3 Å². The maximum atomic E-state index is 12.0. The molecule has 0 atom stereocenters. The first-order valence-corrected chi connectivity index (χ1v) is 7.15. The standard InChI is InChI=1S/C17H13ClN2O2/c18-13-6-8-14(9-7-13)19-17(21)11-15-10-16(22-20-15)12-4-2-1-3-5-12/h1-10H,11H2,(H,19,21). The van der Waals surface area contributed by atoms with Crippen molar-refractivity contribution in [3.05, 3.63) is 71.4 Å². The molecule has 3 aromatic rings. The molecule has 0 aliphatic rings. The lowest BCUT2D eigenvalue weighted by atomic mass is 10.1. The number of hydrogen-bond donors (Lipinski definition) is 1. The maximum Gasteiger partial charge on any atom is 0.230 e. The number of rotatable bonds is 4. The second-order valence-electron chi connectivity index (χ2n) is 4.78. The number of anilines is 1. The first-order valence-electron chi connectivity index (χ1n) is 6.77. The second-order valence-corrected chi connectivity index (χ2v) is 5.22. The van der Waals surface area contributed by atoms with Gasteiger partial charge in [-0.3, -0.25) is 4.79 Å². The van der Waals surface area contributed by atoms with Crippen molar-refractivity contribution >= 4 is 23.2 Å². The molecule has 0 saturated heterocycles. The van der Waals surface area contributed by atoms with Crippen LogP contribution in [-0.4, -0.2) is 11.1 Å². The Hall–Kier alpha value is -2.59. The molecule has 0 unspecified atom stereocenters. The van der Waals surface area contributed by atoms with E-state index in [1.165, 1.54) is 0 Å². The Morgan fingerprint density at radius 2 is 1.82 bits per heavy atom. The highest BCUT2D eigenvalue weighted by Crippen LogP contribution is 2.20. The van der Waals surface area contributed by atoms with E-state index in [0.717, 1.165) is 5.56 Å². The van der Waals surface area contributed by atoms with Crippen LogP contribution < -0.4 is 5.32 Å². The maximum absolute atomic E-state index is 12.0. The average Bonchev–Trinajstić information content (AvgIpc) is 2.99. The van der Waals surface area contributed by atoms with E-state index in [2.05, 4.69) is 10.5 Å². The van der Waals surface area contributed by atoms with Crippen molar-refractivity contribution in [2.75, 3.05) is 5.32 Å². The van der Waals surface area contributed by atoms with Crippen molar-refractivity contribution < 1.29 is 9.32 Å². The topological polar surface area (TPSA) is 55.1 Å². The van der Waals surface area contributed by atoms with Gasteiger partial charge in [0.1, 0.15) is 0 Å². The molecule has 2 aromatic carbocycles. The second kappa shape index (κ2) is 6.45. The summed E-state index contributed by atoms with van der Waals surface area (Å²) in [6.45, 7) is 0. The fraction of sp³-hybridized carbons (Fsp3) is 0.0588. The predicted octanol–water partition coefficient (Wildman–Crippen LogP) is 4.18. The molecule has 1 N–H and O–H groups in total. The number of carbonyl (C=O) groups excluding carboxylic acids is 1. The minimum absolute atomic E-state index is 0.152. The lowest BCUT2D eigenvalue weighted by molar-refractivity contribution is -0.115. The van der Waals surface area contributed by atoms with Crippen LogP contribution in [0.1, 0.15) is 5.69 Å². The first kappa shape index (κ1) is 14.4. The van der Waals surface area contributed by atoms with Gasteiger partial charge < -0.3 is 9.84 Å². The molecule has 0 radical (unpaired) electrons. The van der Waals surface area contributed by atoms with Gasteiger partial charge in [-0.1, -0.05) is 47.1 Å². The highest BCUT2D eigenvalue weighted by Gasteiger charge is 2.10. The SMILES string of the molecule is O=C(Cc1cc(-c2ccccc2)on1)Nc1ccc(Cl)cc1. The molecule has 1 heterocycles. The molecular formula is C17H13ClN2O2. The molecule has 3 rings (SSSR count). The monoisotopic (exact) mass is 312 g/mol. The molecule has 0 fully saturated rings. The molecule has 1 aromatic heterocycles. The molecule has 110 valence electrons. The zero-order valence-corrected chi connectivity index (χ0v) is 12.4. The Morgan fingerprint density at radius 1 is 1.09 bits per heavy atom. The summed E-state index contributed by atoms with van der Waals surface area (Å²) in [5.74, 6) is 0.491. The number of hydrogen-bond acceptors (Lipinski definition) is 3. The normalized spacial score (nSPS) is 10.4. The third-order valence-electron chi connectivity index (χ3n) is 3.09. The highest BCUT2D eigenvalue weighted by molar-refractivity contribution is 6.30. The van der Waals surface area contributed by atoms with Crippen molar-refractivity contribution in [1.82, 2.24) is 5.16 Å². The summed E-state index contributed by atoms with van der Waals surface area (Å²) in [5, 5.41) is 7.35. The number of halogens is 1. The van der Waals surface area contributed by atoms with Crippen LogP contribution in [0.2, 0.25) is 5.02 Å². The highest BCUT2D eigenvalue weighted by atomic mass is 35.5. The van der Waals surface area contributed by atoms with E-state index < -0.39 is 0 Å². The largest absolute Gasteiger partial charge is 0.356 e. The zero-order valence-electron chi connectivity index (χ0n) is 11.6. The Morgan fingerprint density at radius 3 is 2.55 bits per heavy atom. The van der Waals surface area contributed by atoms with E-state index in [9.17, 15) is 4.79 Å². The van der Waals surface area contributed by atoms with Crippen LogP contribution in [0.15, 0.2) is 65.2 Å². The van der Waals surface area contributed by atoms with Gasteiger partial charge >= 0.3 is 0 Å². The van der Waals surface area contributed by atoms with Crippen LogP contribution in [0.25, 0.3) is 11.3 Å². The van der Waals surface area contributed by atoms with E-state index in [4.69, 9.17) is 16.1 Å². The minimum Gasteiger partial charge on any atom is -0.356 e. The van der Waals surface area contributed by atoms with Gasteiger partial charge in [0.15, 0.2) is 5.76 Å². The molecule has 0 bridgehead atoms. The summed E-state index contributed by atoms with van der Waals surface area (Å²) < 4.78 is 5.27. The Bertz CT molecular complexity index is 767. The quantitative estimate of drug-likeness (QED) is 0.786. The summed E-state index contributed by atoms with van der Waals surface area (Å²) in [6, 6.07) is 18.3. The smallest absolute Gasteiger partial charge is 0.230 e. The Labute approximate surface area is 132 Å². The fourth-order valence-electron chi connectivity index (χ4n) is 2.04.